The van der Waals surface area contributed by atoms with Crippen LogP contribution >= 0.6 is 15.9 Å². The quantitative estimate of drug-likeness (QED) is 0.886. The van der Waals surface area contributed by atoms with E-state index < -0.39 is 0 Å². The van der Waals surface area contributed by atoms with Crippen LogP contribution in [0.5, 0.6) is 5.75 Å². The fourth-order valence-electron chi connectivity index (χ4n) is 1.99. The van der Waals surface area contributed by atoms with Gasteiger partial charge in [-0.15, -0.1) is 0 Å². The number of likely N-dealkylation sites (N-methyl/N-ethyl adjacent to an activating group) is 1. The summed E-state index contributed by atoms with van der Waals surface area (Å²) < 4.78 is 6.44. The maximum absolute atomic E-state index is 5.30. The van der Waals surface area contributed by atoms with Gasteiger partial charge in [-0.1, -0.05) is 43.6 Å². The Morgan fingerprint density at radius 3 is 2.50 bits per heavy atom. The summed E-state index contributed by atoms with van der Waals surface area (Å²) in [4.78, 5) is 0. The fourth-order valence-corrected chi connectivity index (χ4v) is 2.39. The molecule has 0 bridgehead atoms. The molecule has 18 heavy (non-hydrogen) atoms. The predicted molar refractivity (Wildman–Crippen MR) is 81.3 cm³/mol. The van der Waals surface area contributed by atoms with Gasteiger partial charge in [-0.3, -0.25) is 0 Å². The molecular formula is C15H24BrNO. The molecule has 0 aliphatic rings. The number of hydrogen-bond donors (Lipinski definition) is 1. The third-order valence-electron chi connectivity index (χ3n) is 3.17. The van der Waals surface area contributed by atoms with Gasteiger partial charge < -0.3 is 10.1 Å². The molecule has 0 aromatic heterocycles. The Morgan fingerprint density at radius 1 is 1.33 bits per heavy atom. The highest BCUT2D eigenvalue weighted by Crippen LogP contribution is 2.28. The molecule has 1 rings (SSSR count). The third kappa shape index (κ3) is 4.29. The van der Waals surface area contributed by atoms with Gasteiger partial charge in [-0.25, -0.2) is 0 Å². The Kier molecular flexibility index (Phi) is 5.67. The van der Waals surface area contributed by atoms with E-state index in [-0.39, 0.29) is 5.41 Å². The first-order valence-corrected chi connectivity index (χ1v) is 7.23. The molecule has 1 aromatic carbocycles. The van der Waals surface area contributed by atoms with Gasteiger partial charge in [0.1, 0.15) is 5.75 Å². The first kappa shape index (κ1) is 15.5. The van der Waals surface area contributed by atoms with E-state index >= 15 is 0 Å². The predicted octanol–water partition coefficient (Wildman–Crippen LogP) is 4.02. The second-order valence-corrected chi connectivity index (χ2v) is 6.49. The molecule has 2 nitrogen and oxygen atoms in total. The highest BCUT2D eigenvalue weighted by Gasteiger charge is 2.24. The second kappa shape index (κ2) is 6.58. The standard InChI is InChI=1S/C15H24BrNO/c1-6-17-14(15(2,3)4)10-11-9-12(18-5)7-8-13(11)16/h7-9,14,17H,6,10H2,1-5H3. The van der Waals surface area contributed by atoms with Crippen molar-refractivity contribution in [3.63, 3.8) is 0 Å². The van der Waals surface area contributed by atoms with Crippen LogP contribution in [0.1, 0.15) is 33.3 Å². The van der Waals surface area contributed by atoms with Crippen molar-refractivity contribution in [3.8, 4) is 5.75 Å². The molecule has 1 N–H and O–H groups in total. The SMILES string of the molecule is CCNC(Cc1cc(OC)ccc1Br)C(C)(C)C. The van der Waals surface area contributed by atoms with Crippen LogP contribution in [0.4, 0.5) is 0 Å². The average molecular weight is 314 g/mol. The lowest BCUT2D eigenvalue weighted by Crippen LogP contribution is -2.41. The topological polar surface area (TPSA) is 21.3 Å². The van der Waals surface area contributed by atoms with E-state index in [1.165, 1.54) is 5.56 Å². The van der Waals surface area contributed by atoms with Crippen LogP contribution in [-0.4, -0.2) is 19.7 Å². The van der Waals surface area contributed by atoms with E-state index in [0.717, 1.165) is 23.2 Å². The fraction of sp³-hybridized carbons (Fsp3) is 0.600. The lowest BCUT2D eigenvalue weighted by atomic mass is 9.83. The molecule has 0 spiro atoms. The number of methoxy groups -OCH3 is 1. The Morgan fingerprint density at radius 2 is 2.00 bits per heavy atom. The molecule has 1 atom stereocenters. The normalized spacial score (nSPS) is 13.4. The zero-order valence-electron chi connectivity index (χ0n) is 12.0. The molecule has 0 aliphatic carbocycles. The number of halogens is 1. The first-order chi connectivity index (χ1) is 8.38. The smallest absolute Gasteiger partial charge is 0.119 e. The van der Waals surface area contributed by atoms with Crippen molar-refractivity contribution in [2.75, 3.05) is 13.7 Å². The molecular weight excluding hydrogens is 290 g/mol. The molecule has 1 aromatic rings. The molecule has 0 saturated carbocycles. The van der Waals surface area contributed by atoms with Gasteiger partial charge in [-0.2, -0.15) is 0 Å². The molecule has 0 fully saturated rings. The van der Waals surface area contributed by atoms with Crippen molar-refractivity contribution in [2.45, 2.75) is 40.2 Å². The van der Waals surface area contributed by atoms with Crippen molar-refractivity contribution in [1.82, 2.24) is 5.32 Å². The number of nitrogens with one attached hydrogen (secondary N) is 1. The van der Waals surface area contributed by atoms with Gasteiger partial charge in [-0.05, 0) is 42.1 Å². The minimum atomic E-state index is 0.235. The molecule has 102 valence electrons. The maximum Gasteiger partial charge on any atom is 0.119 e. The number of rotatable bonds is 5. The largest absolute Gasteiger partial charge is 0.497 e. The van der Waals surface area contributed by atoms with E-state index in [1.807, 2.05) is 6.07 Å². The Labute approximate surface area is 119 Å². The summed E-state index contributed by atoms with van der Waals surface area (Å²) in [5.74, 6) is 0.914. The van der Waals surface area contributed by atoms with E-state index in [2.05, 4.69) is 61.1 Å². The molecule has 0 aliphatic heterocycles. The van der Waals surface area contributed by atoms with Gasteiger partial charge in [0.25, 0.3) is 0 Å². The van der Waals surface area contributed by atoms with Crippen molar-refractivity contribution >= 4 is 15.9 Å². The summed E-state index contributed by atoms with van der Waals surface area (Å²) in [5.41, 5.74) is 1.52. The van der Waals surface area contributed by atoms with Gasteiger partial charge in [0.2, 0.25) is 0 Å². The highest BCUT2D eigenvalue weighted by atomic mass is 79.9. The second-order valence-electron chi connectivity index (χ2n) is 5.64. The average Bonchev–Trinajstić information content (AvgIpc) is 2.30. The maximum atomic E-state index is 5.30. The molecule has 0 heterocycles. The highest BCUT2D eigenvalue weighted by molar-refractivity contribution is 9.10. The Hall–Kier alpha value is -0.540. The minimum absolute atomic E-state index is 0.235. The molecule has 0 amide bonds. The van der Waals surface area contributed by atoms with Crippen molar-refractivity contribution in [2.24, 2.45) is 5.41 Å². The Balaban J connectivity index is 2.92. The summed E-state index contributed by atoms with van der Waals surface area (Å²) in [6.45, 7) is 9.96. The van der Waals surface area contributed by atoms with E-state index in [0.29, 0.717) is 6.04 Å². The van der Waals surface area contributed by atoms with Crippen molar-refractivity contribution in [1.29, 1.82) is 0 Å². The van der Waals surface area contributed by atoms with Crippen LogP contribution in [0.25, 0.3) is 0 Å². The third-order valence-corrected chi connectivity index (χ3v) is 3.95. The zero-order chi connectivity index (χ0) is 13.8. The zero-order valence-corrected chi connectivity index (χ0v) is 13.6. The molecule has 0 radical (unpaired) electrons. The number of hydrogen-bond acceptors (Lipinski definition) is 2. The van der Waals surface area contributed by atoms with E-state index in [9.17, 15) is 0 Å². The van der Waals surface area contributed by atoms with Crippen LogP contribution in [-0.2, 0) is 6.42 Å². The first-order valence-electron chi connectivity index (χ1n) is 6.44. The van der Waals surface area contributed by atoms with E-state index in [1.54, 1.807) is 7.11 Å². The van der Waals surface area contributed by atoms with Crippen LogP contribution in [0.15, 0.2) is 22.7 Å². The molecule has 3 heteroatoms. The Bertz CT molecular complexity index is 385. The summed E-state index contributed by atoms with van der Waals surface area (Å²) in [6, 6.07) is 6.60. The van der Waals surface area contributed by atoms with Crippen LogP contribution < -0.4 is 10.1 Å². The van der Waals surface area contributed by atoms with Crippen LogP contribution in [0.2, 0.25) is 0 Å². The molecule has 0 saturated heterocycles. The lowest BCUT2D eigenvalue weighted by Gasteiger charge is -2.32. The number of benzene rings is 1. The molecule has 1 unspecified atom stereocenters. The van der Waals surface area contributed by atoms with E-state index in [4.69, 9.17) is 4.74 Å². The summed E-state index contributed by atoms with van der Waals surface area (Å²) >= 11 is 3.62. The van der Waals surface area contributed by atoms with Gasteiger partial charge >= 0.3 is 0 Å². The van der Waals surface area contributed by atoms with Crippen LogP contribution in [0, 0.1) is 5.41 Å². The summed E-state index contributed by atoms with van der Waals surface area (Å²) in [6.07, 6.45) is 0.995. The summed E-state index contributed by atoms with van der Waals surface area (Å²) in [7, 11) is 1.71. The van der Waals surface area contributed by atoms with Gasteiger partial charge in [0.05, 0.1) is 7.11 Å². The van der Waals surface area contributed by atoms with Crippen LogP contribution in [0.3, 0.4) is 0 Å². The summed E-state index contributed by atoms with van der Waals surface area (Å²) in [5, 5.41) is 3.57. The lowest BCUT2D eigenvalue weighted by molar-refractivity contribution is 0.269. The van der Waals surface area contributed by atoms with Crippen molar-refractivity contribution < 1.29 is 4.74 Å². The monoisotopic (exact) mass is 313 g/mol. The van der Waals surface area contributed by atoms with Gasteiger partial charge in [0.15, 0.2) is 0 Å². The van der Waals surface area contributed by atoms with Gasteiger partial charge in [0, 0.05) is 10.5 Å². The van der Waals surface area contributed by atoms with Crippen molar-refractivity contribution in [3.05, 3.63) is 28.2 Å². The number of ether oxygens (including phenoxy) is 1. The minimum Gasteiger partial charge on any atom is -0.497 e.